The number of hydrogen-bond acceptors (Lipinski definition) is 6. The third-order valence-electron chi connectivity index (χ3n) is 4.58. The van der Waals surface area contributed by atoms with Crippen LogP contribution in [0.4, 0.5) is 5.69 Å². The van der Waals surface area contributed by atoms with E-state index in [2.05, 4.69) is 6.07 Å². The molecular formula is C24H18N2O6. The van der Waals surface area contributed by atoms with E-state index in [-0.39, 0.29) is 23.4 Å². The highest BCUT2D eigenvalue weighted by atomic mass is 16.6. The van der Waals surface area contributed by atoms with Crippen molar-refractivity contribution < 1.29 is 24.3 Å². The number of methoxy groups -OCH3 is 1. The Morgan fingerprint density at radius 2 is 1.84 bits per heavy atom. The molecule has 32 heavy (non-hydrogen) atoms. The fourth-order valence-corrected chi connectivity index (χ4v) is 2.93. The van der Waals surface area contributed by atoms with Crippen LogP contribution in [0, 0.1) is 21.4 Å². The summed E-state index contributed by atoms with van der Waals surface area (Å²) in [5.41, 5.74) is 2.25. The molecule has 1 N–H and O–H groups in total. The van der Waals surface area contributed by atoms with Gasteiger partial charge in [0.1, 0.15) is 6.61 Å². The molecule has 0 aliphatic rings. The quantitative estimate of drug-likeness (QED) is 0.232. The van der Waals surface area contributed by atoms with Gasteiger partial charge in [0.2, 0.25) is 0 Å². The van der Waals surface area contributed by atoms with Gasteiger partial charge in [-0.15, -0.1) is 0 Å². The number of hydrogen-bond donors (Lipinski definition) is 1. The molecule has 0 bridgehead atoms. The maximum Gasteiger partial charge on any atom is 0.335 e. The molecule has 0 aliphatic heterocycles. The van der Waals surface area contributed by atoms with Crippen molar-refractivity contribution in [2.45, 2.75) is 6.61 Å². The summed E-state index contributed by atoms with van der Waals surface area (Å²) in [7, 11) is 1.49. The highest BCUT2D eigenvalue weighted by Gasteiger charge is 2.11. The maximum absolute atomic E-state index is 11.0. The van der Waals surface area contributed by atoms with Crippen molar-refractivity contribution in [1.29, 1.82) is 5.26 Å². The van der Waals surface area contributed by atoms with Crippen molar-refractivity contribution in [1.82, 2.24) is 0 Å². The zero-order valence-electron chi connectivity index (χ0n) is 17.0. The molecular weight excluding hydrogens is 412 g/mol. The summed E-state index contributed by atoms with van der Waals surface area (Å²) in [6, 6.07) is 19.4. The van der Waals surface area contributed by atoms with Gasteiger partial charge in [0.25, 0.3) is 5.69 Å². The van der Waals surface area contributed by atoms with E-state index in [1.165, 1.54) is 37.4 Å². The van der Waals surface area contributed by atoms with Crippen molar-refractivity contribution in [2.24, 2.45) is 0 Å². The summed E-state index contributed by atoms with van der Waals surface area (Å²) in [6.07, 6.45) is 1.61. The number of non-ortho nitro benzene ring substituents is 1. The Hall–Kier alpha value is -4.64. The van der Waals surface area contributed by atoms with Gasteiger partial charge in [-0.05, 0) is 47.0 Å². The molecule has 0 atom stereocenters. The van der Waals surface area contributed by atoms with E-state index < -0.39 is 10.9 Å². The summed E-state index contributed by atoms with van der Waals surface area (Å²) in [5.74, 6) is -0.0808. The lowest BCUT2D eigenvalue weighted by Crippen LogP contribution is -2.00. The summed E-state index contributed by atoms with van der Waals surface area (Å²) in [4.78, 5) is 21.4. The number of nitrogens with zero attached hydrogens (tertiary/aromatic N) is 2. The van der Waals surface area contributed by atoms with Crippen LogP contribution >= 0.6 is 0 Å². The van der Waals surface area contributed by atoms with Crippen LogP contribution in [0.2, 0.25) is 0 Å². The maximum atomic E-state index is 11.0. The first-order chi connectivity index (χ1) is 15.4. The first kappa shape index (κ1) is 22.1. The average Bonchev–Trinajstić information content (AvgIpc) is 2.81. The molecule has 3 aromatic carbocycles. The first-order valence-corrected chi connectivity index (χ1v) is 9.41. The summed E-state index contributed by atoms with van der Waals surface area (Å²) in [5, 5.41) is 29.5. The van der Waals surface area contributed by atoms with E-state index in [4.69, 9.17) is 14.6 Å². The molecule has 160 valence electrons. The monoisotopic (exact) mass is 430 g/mol. The van der Waals surface area contributed by atoms with Gasteiger partial charge in [-0.1, -0.05) is 30.3 Å². The molecule has 3 rings (SSSR count). The van der Waals surface area contributed by atoms with Gasteiger partial charge in [0.15, 0.2) is 11.5 Å². The molecule has 0 aliphatic carbocycles. The van der Waals surface area contributed by atoms with E-state index in [1.54, 1.807) is 42.5 Å². The predicted molar refractivity (Wildman–Crippen MR) is 117 cm³/mol. The Kier molecular flexibility index (Phi) is 6.83. The minimum Gasteiger partial charge on any atom is -0.493 e. The number of allylic oxidation sites excluding steroid dienone is 1. The number of nitro benzene ring substituents is 1. The largest absolute Gasteiger partial charge is 0.493 e. The molecule has 0 heterocycles. The average molecular weight is 430 g/mol. The highest BCUT2D eigenvalue weighted by molar-refractivity contribution is 5.90. The molecule has 0 amide bonds. The van der Waals surface area contributed by atoms with E-state index in [0.29, 0.717) is 22.6 Å². The molecule has 0 fully saturated rings. The minimum atomic E-state index is -0.996. The molecule has 0 unspecified atom stereocenters. The highest BCUT2D eigenvalue weighted by Crippen LogP contribution is 2.31. The van der Waals surface area contributed by atoms with Crippen LogP contribution in [0.5, 0.6) is 11.5 Å². The molecule has 0 spiro atoms. The molecule has 0 aromatic heterocycles. The third-order valence-corrected chi connectivity index (χ3v) is 4.58. The fourth-order valence-electron chi connectivity index (χ4n) is 2.93. The summed E-state index contributed by atoms with van der Waals surface area (Å²) < 4.78 is 11.2. The number of carboxylic acid groups (broad SMARTS) is 1. The topological polar surface area (TPSA) is 123 Å². The normalized spacial score (nSPS) is 10.8. The van der Waals surface area contributed by atoms with Crippen molar-refractivity contribution in [3.05, 3.63) is 99.1 Å². The number of nitro groups is 1. The summed E-state index contributed by atoms with van der Waals surface area (Å²) >= 11 is 0. The number of rotatable bonds is 8. The summed E-state index contributed by atoms with van der Waals surface area (Å²) in [6.45, 7) is 0.211. The smallest absolute Gasteiger partial charge is 0.335 e. The zero-order chi connectivity index (χ0) is 23.1. The number of nitriles is 1. The lowest BCUT2D eigenvalue weighted by molar-refractivity contribution is -0.384. The Morgan fingerprint density at radius 1 is 1.09 bits per heavy atom. The Balaban J connectivity index is 1.81. The standard InChI is InChI=1S/C24H18N2O6/c1-31-23-12-17(11-20(14-25)19-3-2-4-21(13-19)26(29)30)7-10-22(23)32-15-16-5-8-18(9-6-16)24(27)28/h2-13H,15H2,1H3,(H,27,28)/b20-11-. The lowest BCUT2D eigenvalue weighted by atomic mass is 10.0. The molecule has 3 aromatic rings. The molecule has 0 saturated heterocycles. The van der Waals surface area contributed by atoms with Crippen LogP contribution in [0.3, 0.4) is 0 Å². The molecule has 0 saturated carbocycles. The molecule has 0 radical (unpaired) electrons. The molecule has 8 nitrogen and oxygen atoms in total. The molecule has 8 heteroatoms. The van der Waals surface area contributed by atoms with Gasteiger partial charge < -0.3 is 14.6 Å². The fraction of sp³-hybridized carbons (Fsp3) is 0.0833. The second-order valence-corrected chi connectivity index (χ2v) is 6.68. The number of ether oxygens (including phenoxy) is 2. The first-order valence-electron chi connectivity index (χ1n) is 9.41. The van der Waals surface area contributed by atoms with E-state index in [1.807, 2.05) is 0 Å². The van der Waals surface area contributed by atoms with Crippen molar-refractivity contribution in [3.63, 3.8) is 0 Å². The van der Waals surface area contributed by atoms with Crippen LogP contribution in [-0.4, -0.2) is 23.1 Å². The van der Waals surface area contributed by atoms with Gasteiger partial charge in [0, 0.05) is 12.1 Å². The van der Waals surface area contributed by atoms with Crippen molar-refractivity contribution in [2.75, 3.05) is 7.11 Å². The van der Waals surface area contributed by atoms with Gasteiger partial charge in [-0.3, -0.25) is 10.1 Å². The Morgan fingerprint density at radius 3 is 2.47 bits per heavy atom. The second-order valence-electron chi connectivity index (χ2n) is 6.68. The van der Waals surface area contributed by atoms with Crippen molar-refractivity contribution in [3.8, 4) is 17.6 Å². The van der Waals surface area contributed by atoms with Crippen LogP contribution in [0.25, 0.3) is 11.6 Å². The van der Waals surface area contributed by atoms with Crippen LogP contribution in [0.15, 0.2) is 66.7 Å². The Bertz CT molecular complexity index is 1230. The van der Waals surface area contributed by atoms with E-state index >= 15 is 0 Å². The number of carboxylic acids is 1. The van der Waals surface area contributed by atoms with Gasteiger partial charge >= 0.3 is 5.97 Å². The van der Waals surface area contributed by atoms with Crippen LogP contribution in [-0.2, 0) is 6.61 Å². The van der Waals surface area contributed by atoms with Crippen molar-refractivity contribution >= 4 is 23.3 Å². The number of aromatic carboxylic acids is 1. The van der Waals surface area contributed by atoms with E-state index in [9.17, 15) is 20.2 Å². The lowest BCUT2D eigenvalue weighted by Gasteiger charge is -2.12. The predicted octanol–water partition coefficient (Wildman–Crippen LogP) is 4.94. The van der Waals surface area contributed by atoms with Crippen LogP contribution in [0.1, 0.15) is 27.0 Å². The van der Waals surface area contributed by atoms with Gasteiger partial charge in [-0.2, -0.15) is 5.26 Å². The minimum absolute atomic E-state index is 0.0960. The number of benzene rings is 3. The Labute approximate surface area is 183 Å². The van der Waals surface area contributed by atoms with Gasteiger partial charge in [-0.25, -0.2) is 4.79 Å². The number of carbonyl (C=O) groups is 1. The van der Waals surface area contributed by atoms with E-state index in [0.717, 1.165) is 5.56 Å². The van der Waals surface area contributed by atoms with Gasteiger partial charge in [0.05, 0.1) is 29.2 Å². The second kappa shape index (κ2) is 9.91. The third kappa shape index (κ3) is 5.29. The van der Waals surface area contributed by atoms with Crippen LogP contribution < -0.4 is 9.47 Å². The SMILES string of the molecule is COc1cc(/C=C(/C#N)c2cccc([N+](=O)[O-])c2)ccc1OCc1ccc(C(=O)O)cc1. The zero-order valence-corrected chi connectivity index (χ0v) is 17.0.